The second kappa shape index (κ2) is 10.2. The van der Waals surface area contributed by atoms with Gasteiger partial charge in [0, 0.05) is 34.3 Å². The van der Waals surface area contributed by atoms with E-state index in [1.165, 1.54) is 5.56 Å². The lowest BCUT2D eigenvalue weighted by Gasteiger charge is -2.38. The van der Waals surface area contributed by atoms with Gasteiger partial charge in [-0.2, -0.15) is 0 Å². The van der Waals surface area contributed by atoms with Crippen LogP contribution in [-0.2, 0) is 19.5 Å². The molecule has 3 aromatic carbocycles. The number of hydrogen-bond acceptors (Lipinski definition) is 4. The minimum Gasteiger partial charge on any atom is -0.298 e. The van der Waals surface area contributed by atoms with Crippen LogP contribution in [0.25, 0.3) is 0 Å². The lowest BCUT2D eigenvalue weighted by molar-refractivity contribution is 0.200. The summed E-state index contributed by atoms with van der Waals surface area (Å²) in [5.74, 6) is 0.610. The fraction of sp³-hybridized carbons (Fsp3) is 0.214. The summed E-state index contributed by atoms with van der Waals surface area (Å²) in [5, 5.41) is 1.08. The molecule has 1 aliphatic heterocycles. The summed E-state index contributed by atoms with van der Waals surface area (Å²) in [5.41, 5.74) is 4.59. The first-order chi connectivity index (χ1) is 17.0. The molecule has 0 spiro atoms. The van der Waals surface area contributed by atoms with Crippen LogP contribution in [0.5, 0.6) is 0 Å². The normalized spacial score (nSPS) is 13.6. The highest BCUT2D eigenvalue weighted by Crippen LogP contribution is 2.32. The Balaban J connectivity index is 1.54. The van der Waals surface area contributed by atoms with E-state index < -0.39 is 0 Å². The first-order valence-corrected chi connectivity index (χ1v) is 12.4. The van der Waals surface area contributed by atoms with Gasteiger partial charge >= 0.3 is 0 Å². The van der Waals surface area contributed by atoms with Gasteiger partial charge in [-0.3, -0.25) is 19.2 Å². The number of nitrogens with zero attached hydrogens (tertiary/aromatic N) is 4. The van der Waals surface area contributed by atoms with Gasteiger partial charge in [0.2, 0.25) is 5.95 Å². The van der Waals surface area contributed by atoms with Crippen LogP contribution in [0.2, 0.25) is 10.0 Å². The molecular weight excluding hydrogens is 479 g/mol. The van der Waals surface area contributed by atoms with E-state index in [4.69, 9.17) is 28.2 Å². The van der Waals surface area contributed by atoms with E-state index in [9.17, 15) is 4.79 Å². The summed E-state index contributed by atoms with van der Waals surface area (Å²) < 4.78 is 1.77. The van der Waals surface area contributed by atoms with Crippen LogP contribution in [0.3, 0.4) is 0 Å². The number of rotatable bonds is 6. The summed E-state index contributed by atoms with van der Waals surface area (Å²) in [6, 6.07) is 25.8. The van der Waals surface area contributed by atoms with Gasteiger partial charge in [0.05, 0.1) is 19.0 Å². The highest BCUT2D eigenvalue weighted by molar-refractivity contribution is 6.35. The van der Waals surface area contributed by atoms with Crippen LogP contribution in [0.15, 0.2) is 83.7 Å². The number of aryl methyl sites for hydroxylation is 1. The number of halogens is 2. The topological polar surface area (TPSA) is 41.4 Å². The van der Waals surface area contributed by atoms with Gasteiger partial charge in [-0.25, -0.2) is 4.98 Å². The molecule has 0 unspecified atom stereocenters. The van der Waals surface area contributed by atoms with Crippen LogP contribution in [0, 0.1) is 6.92 Å². The van der Waals surface area contributed by atoms with Crippen LogP contribution >= 0.6 is 23.2 Å². The monoisotopic (exact) mass is 504 g/mol. The number of anilines is 2. The zero-order valence-electron chi connectivity index (χ0n) is 19.5. The van der Waals surface area contributed by atoms with Crippen molar-refractivity contribution in [1.82, 2.24) is 14.5 Å². The molecule has 4 aromatic rings. The van der Waals surface area contributed by atoms with E-state index in [0.717, 1.165) is 29.9 Å². The fourth-order valence-corrected chi connectivity index (χ4v) is 5.01. The second-order valence-corrected chi connectivity index (χ2v) is 9.71. The lowest BCUT2D eigenvalue weighted by atomic mass is 10.1. The van der Waals surface area contributed by atoms with E-state index in [2.05, 4.69) is 17.0 Å². The molecule has 0 saturated carbocycles. The quantitative estimate of drug-likeness (QED) is 0.320. The van der Waals surface area contributed by atoms with Gasteiger partial charge in [-0.05, 0) is 42.7 Å². The molecule has 0 aliphatic carbocycles. The van der Waals surface area contributed by atoms with Gasteiger partial charge in [-0.1, -0.05) is 83.9 Å². The molecule has 0 radical (unpaired) electrons. The van der Waals surface area contributed by atoms with E-state index in [1.807, 2.05) is 72.5 Å². The SMILES string of the molecule is Cc1nc2n(c(=O)c1Cc1ccccc1)CN(CCc1ccccc1)CN2c1cc(Cl)cc(Cl)c1. The zero-order chi connectivity index (χ0) is 24.4. The molecule has 1 aliphatic rings. The Morgan fingerprint density at radius 3 is 2.14 bits per heavy atom. The molecule has 0 amide bonds. The summed E-state index contributed by atoms with van der Waals surface area (Å²) >= 11 is 12.7. The smallest absolute Gasteiger partial charge is 0.259 e. The van der Waals surface area contributed by atoms with Gasteiger partial charge < -0.3 is 0 Å². The minimum absolute atomic E-state index is 0.0149. The minimum atomic E-state index is -0.0149. The Morgan fingerprint density at radius 2 is 1.49 bits per heavy atom. The zero-order valence-corrected chi connectivity index (χ0v) is 21.0. The van der Waals surface area contributed by atoms with Crippen molar-refractivity contribution in [2.75, 3.05) is 18.1 Å². The van der Waals surface area contributed by atoms with Crippen molar-refractivity contribution in [3.05, 3.63) is 122 Å². The van der Waals surface area contributed by atoms with Crippen LogP contribution < -0.4 is 10.5 Å². The molecule has 0 N–H and O–H groups in total. The maximum atomic E-state index is 13.8. The molecule has 1 aromatic heterocycles. The predicted octanol–water partition coefficient (Wildman–Crippen LogP) is 6.06. The molecular formula is C28H26Cl2N4O. The van der Waals surface area contributed by atoms with E-state index in [-0.39, 0.29) is 5.56 Å². The molecule has 35 heavy (non-hydrogen) atoms. The maximum absolute atomic E-state index is 13.8. The third-order valence-electron chi connectivity index (χ3n) is 6.32. The van der Waals surface area contributed by atoms with Crippen molar-refractivity contribution < 1.29 is 0 Å². The Kier molecular flexibility index (Phi) is 6.91. The van der Waals surface area contributed by atoms with Gasteiger partial charge in [-0.15, -0.1) is 0 Å². The number of benzene rings is 3. The summed E-state index contributed by atoms with van der Waals surface area (Å²) in [7, 11) is 0. The van der Waals surface area contributed by atoms with Gasteiger partial charge in [0.1, 0.15) is 0 Å². The summed E-state index contributed by atoms with van der Waals surface area (Å²) in [6.45, 7) is 3.75. The molecule has 0 saturated heterocycles. The van der Waals surface area contributed by atoms with Crippen molar-refractivity contribution in [2.24, 2.45) is 0 Å². The Hall–Kier alpha value is -3.12. The van der Waals surface area contributed by atoms with Crippen LogP contribution in [0.1, 0.15) is 22.4 Å². The molecule has 0 fully saturated rings. The predicted molar refractivity (Wildman–Crippen MR) is 143 cm³/mol. The van der Waals surface area contributed by atoms with Crippen LogP contribution in [-0.4, -0.2) is 27.7 Å². The summed E-state index contributed by atoms with van der Waals surface area (Å²) in [4.78, 5) is 23.0. The average Bonchev–Trinajstić information content (AvgIpc) is 2.86. The fourth-order valence-electron chi connectivity index (χ4n) is 4.50. The molecule has 178 valence electrons. The van der Waals surface area contributed by atoms with Crippen molar-refractivity contribution in [1.29, 1.82) is 0 Å². The van der Waals surface area contributed by atoms with E-state index >= 15 is 0 Å². The molecule has 2 heterocycles. The van der Waals surface area contributed by atoms with Gasteiger partial charge in [0.15, 0.2) is 0 Å². The number of aromatic nitrogens is 2. The first kappa shape index (κ1) is 23.6. The van der Waals surface area contributed by atoms with Crippen LogP contribution in [0.4, 0.5) is 11.6 Å². The Morgan fingerprint density at radius 1 is 0.857 bits per heavy atom. The standard InChI is InChI=1S/C28H26Cl2N4O/c1-20-26(14-22-10-6-3-7-11-22)27(35)34-19-32(13-12-21-8-4-2-5-9-21)18-33(28(34)31-20)25-16-23(29)15-24(30)17-25/h2-11,15-17H,12-14,18-19H2,1H3. The Bertz CT molecular complexity index is 1370. The van der Waals surface area contributed by atoms with Gasteiger partial charge in [0.25, 0.3) is 5.56 Å². The maximum Gasteiger partial charge on any atom is 0.259 e. The first-order valence-electron chi connectivity index (χ1n) is 11.6. The average molecular weight is 505 g/mol. The van der Waals surface area contributed by atoms with E-state index in [1.54, 1.807) is 10.6 Å². The van der Waals surface area contributed by atoms with Crippen molar-refractivity contribution in [3.8, 4) is 0 Å². The summed E-state index contributed by atoms with van der Waals surface area (Å²) in [6.07, 6.45) is 1.43. The number of fused-ring (bicyclic) bond motifs is 1. The molecule has 7 heteroatoms. The largest absolute Gasteiger partial charge is 0.298 e. The van der Waals surface area contributed by atoms with Crippen molar-refractivity contribution in [3.63, 3.8) is 0 Å². The third kappa shape index (κ3) is 5.27. The molecule has 5 rings (SSSR count). The Labute approximate surface area is 215 Å². The highest BCUT2D eigenvalue weighted by Gasteiger charge is 2.28. The van der Waals surface area contributed by atoms with E-state index in [0.29, 0.717) is 41.3 Å². The second-order valence-electron chi connectivity index (χ2n) is 8.84. The molecule has 0 atom stereocenters. The van der Waals surface area contributed by atoms with Crippen molar-refractivity contribution in [2.45, 2.75) is 26.4 Å². The highest BCUT2D eigenvalue weighted by atomic mass is 35.5. The number of hydrogen-bond donors (Lipinski definition) is 0. The molecule has 5 nitrogen and oxygen atoms in total. The third-order valence-corrected chi connectivity index (χ3v) is 6.75. The van der Waals surface area contributed by atoms with Crippen molar-refractivity contribution >= 4 is 34.8 Å². The molecule has 0 bridgehead atoms. The lowest BCUT2D eigenvalue weighted by Crippen LogP contribution is -2.48.